The van der Waals surface area contributed by atoms with Gasteiger partial charge in [0, 0.05) is 32.0 Å². The molecule has 8 nitrogen and oxygen atoms in total. The number of carbonyl (C=O) groups excluding carboxylic acids is 1. The van der Waals surface area contributed by atoms with E-state index in [0.29, 0.717) is 31.2 Å². The zero-order valence-electron chi connectivity index (χ0n) is 11.4. The van der Waals surface area contributed by atoms with E-state index < -0.39 is 0 Å². The number of nitroso groups, excluding NO2 is 1. The van der Waals surface area contributed by atoms with Crippen LogP contribution in [0.5, 0.6) is 0 Å². The minimum absolute atomic E-state index is 0.241. The zero-order valence-corrected chi connectivity index (χ0v) is 12.2. The van der Waals surface area contributed by atoms with Crippen LogP contribution in [0.25, 0.3) is 0 Å². The molecule has 2 rings (SSSR count). The van der Waals surface area contributed by atoms with Crippen LogP contribution in [0, 0.1) is 4.91 Å². The predicted octanol–water partition coefficient (Wildman–Crippen LogP) is 1.40. The summed E-state index contributed by atoms with van der Waals surface area (Å²) in [5, 5.41) is 4.54. The van der Waals surface area contributed by atoms with Crippen molar-refractivity contribution in [1.82, 2.24) is 9.88 Å². The molecule has 9 heteroatoms. The standard InChI is InChI=1S/C11H16N4O4S/c1-14(13-17)10-12-8-3-4-15(7-9(8)20-10)11(16)19-6-5-18-2/h3-7H2,1-2H3. The summed E-state index contributed by atoms with van der Waals surface area (Å²) < 4.78 is 9.91. The number of carbonyl (C=O) groups is 1. The summed E-state index contributed by atoms with van der Waals surface area (Å²) in [6, 6.07) is 0. The number of rotatable bonds is 5. The fourth-order valence-corrected chi connectivity index (χ4v) is 2.84. The molecule has 1 aliphatic heterocycles. The van der Waals surface area contributed by atoms with Crippen LogP contribution in [0.4, 0.5) is 9.93 Å². The summed E-state index contributed by atoms with van der Waals surface area (Å²) in [7, 11) is 3.10. The maximum absolute atomic E-state index is 11.8. The predicted molar refractivity (Wildman–Crippen MR) is 73.7 cm³/mol. The average molecular weight is 300 g/mol. The quantitative estimate of drug-likeness (QED) is 0.464. The van der Waals surface area contributed by atoms with Crippen LogP contribution in [0.2, 0.25) is 0 Å². The van der Waals surface area contributed by atoms with E-state index in [-0.39, 0.29) is 12.7 Å². The minimum atomic E-state index is -0.357. The Morgan fingerprint density at radius 1 is 1.55 bits per heavy atom. The Labute approximate surface area is 120 Å². The largest absolute Gasteiger partial charge is 0.447 e. The van der Waals surface area contributed by atoms with Crippen molar-refractivity contribution in [3.63, 3.8) is 0 Å². The number of methoxy groups -OCH3 is 1. The molecule has 0 aromatic carbocycles. The number of fused-ring (bicyclic) bond motifs is 1. The molecule has 110 valence electrons. The number of anilines is 1. The molecule has 0 atom stereocenters. The third-order valence-corrected chi connectivity index (χ3v) is 4.04. The van der Waals surface area contributed by atoms with Gasteiger partial charge in [-0.1, -0.05) is 11.3 Å². The van der Waals surface area contributed by atoms with Gasteiger partial charge in [0.05, 0.1) is 24.1 Å². The maximum atomic E-state index is 11.8. The van der Waals surface area contributed by atoms with Crippen LogP contribution in [-0.2, 0) is 22.4 Å². The van der Waals surface area contributed by atoms with Gasteiger partial charge in [0.25, 0.3) is 0 Å². The van der Waals surface area contributed by atoms with Crippen LogP contribution in [-0.4, -0.2) is 49.9 Å². The summed E-state index contributed by atoms with van der Waals surface area (Å²) in [5.74, 6) is 0. The van der Waals surface area contributed by atoms with E-state index in [9.17, 15) is 9.70 Å². The van der Waals surface area contributed by atoms with Crippen molar-refractivity contribution >= 4 is 22.6 Å². The lowest BCUT2D eigenvalue weighted by molar-refractivity contribution is 0.0690. The van der Waals surface area contributed by atoms with Gasteiger partial charge >= 0.3 is 6.09 Å². The second-order valence-corrected chi connectivity index (χ2v) is 5.31. The van der Waals surface area contributed by atoms with E-state index in [1.165, 1.54) is 16.3 Å². The third-order valence-electron chi connectivity index (χ3n) is 2.89. The smallest absolute Gasteiger partial charge is 0.410 e. The van der Waals surface area contributed by atoms with Gasteiger partial charge in [-0.15, -0.1) is 4.91 Å². The highest BCUT2D eigenvalue weighted by Crippen LogP contribution is 2.30. The molecule has 20 heavy (non-hydrogen) atoms. The molecular formula is C11H16N4O4S. The van der Waals surface area contributed by atoms with Crippen molar-refractivity contribution < 1.29 is 14.3 Å². The fraction of sp³-hybridized carbons (Fsp3) is 0.636. The summed E-state index contributed by atoms with van der Waals surface area (Å²) in [5.41, 5.74) is 0.918. The Kier molecular flexibility index (Phi) is 4.85. The van der Waals surface area contributed by atoms with Crippen molar-refractivity contribution in [3.05, 3.63) is 15.5 Å². The Morgan fingerprint density at radius 3 is 3.05 bits per heavy atom. The molecule has 0 bridgehead atoms. The normalized spacial score (nSPS) is 13.8. The molecule has 0 radical (unpaired) electrons. The van der Waals surface area contributed by atoms with Crippen molar-refractivity contribution in [2.75, 3.05) is 38.9 Å². The number of amides is 1. The average Bonchev–Trinajstić information content (AvgIpc) is 2.89. The molecular weight excluding hydrogens is 284 g/mol. The molecule has 1 amide bonds. The second-order valence-electron chi connectivity index (χ2n) is 4.25. The van der Waals surface area contributed by atoms with Gasteiger partial charge in [-0.25, -0.2) is 14.8 Å². The van der Waals surface area contributed by atoms with Crippen molar-refractivity contribution in [2.45, 2.75) is 13.0 Å². The Hall–Kier alpha value is -1.74. The van der Waals surface area contributed by atoms with Gasteiger partial charge in [-0.05, 0) is 0 Å². The van der Waals surface area contributed by atoms with E-state index in [1.807, 2.05) is 0 Å². The summed E-state index contributed by atoms with van der Waals surface area (Å²) >= 11 is 1.36. The SMILES string of the molecule is COCCOC(=O)N1CCc2nc(N(C)N=O)sc2C1. The van der Waals surface area contributed by atoms with Crippen LogP contribution in [0.3, 0.4) is 0 Å². The summed E-state index contributed by atoms with van der Waals surface area (Å²) in [6.07, 6.45) is 0.294. The highest BCUT2D eigenvalue weighted by atomic mass is 32.1. The van der Waals surface area contributed by atoms with Crippen LogP contribution < -0.4 is 5.01 Å². The number of aromatic nitrogens is 1. The molecule has 0 saturated carbocycles. The van der Waals surface area contributed by atoms with Crippen LogP contribution in [0.1, 0.15) is 10.6 Å². The fourth-order valence-electron chi connectivity index (χ4n) is 1.81. The number of ether oxygens (including phenoxy) is 2. The van der Waals surface area contributed by atoms with Gasteiger partial charge in [0.15, 0.2) is 0 Å². The summed E-state index contributed by atoms with van der Waals surface area (Å²) in [4.78, 5) is 29.2. The molecule has 1 aromatic rings. The number of nitrogens with zero attached hydrogens (tertiary/aromatic N) is 4. The van der Waals surface area contributed by atoms with E-state index in [1.54, 1.807) is 19.1 Å². The van der Waals surface area contributed by atoms with Crippen molar-refractivity contribution in [3.8, 4) is 0 Å². The van der Waals surface area contributed by atoms with Crippen LogP contribution >= 0.6 is 11.3 Å². The molecule has 0 fully saturated rings. The molecule has 0 spiro atoms. The second kappa shape index (κ2) is 6.62. The molecule has 1 aliphatic rings. The van der Waals surface area contributed by atoms with Gasteiger partial charge in [0.2, 0.25) is 5.13 Å². The van der Waals surface area contributed by atoms with E-state index >= 15 is 0 Å². The Bertz CT molecular complexity index is 493. The monoisotopic (exact) mass is 300 g/mol. The molecule has 0 N–H and O–H groups in total. The van der Waals surface area contributed by atoms with Gasteiger partial charge < -0.3 is 14.4 Å². The first-order valence-corrected chi connectivity index (χ1v) is 6.93. The Balaban J connectivity index is 1.98. The van der Waals surface area contributed by atoms with Gasteiger partial charge in [0.1, 0.15) is 6.61 Å². The topological polar surface area (TPSA) is 84.3 Å². The van der Waals surface area contributed by atoms with E-state index in [2.05, 4.69) is 10.3 Å². The van der Waals surface area contributed by atoms with Crippen LogP contribution in [0.15, 0.2) is 5.29 Å². The highest BCUT2D eigenvalue weighted by Gasteiger charge is 2.25. The third kappa shape index (κ3) is 3.23. The lowest BCUT2D eigenvalue weighted by Crippen LogP contribution is -2.36. The number of thiazole rings is 1. The van der Waals surface area contributed by atoms with Gasteiger partial charge in [-0.3, -0.25) is 0 Å². The van der Waals surface area contributed by atoms with E-state index in [4.69, 9.17) is 9.47 Å². The van der Waals surface area contributed by atoms with Gasteiger partial charge in [-0.2, -0.15) is 0 Å². The molecule has 1 aromatic heterocycles. The lowest BCUT2D eigenvalue weighted by Gasteiger charge is -2.25. The van der Waals surface area contributed by atoms with Crippen molar-refractivity contribution in [1.29, 1.82) is 0 Å². The minimum Gasteiger partial charge on any atom is -0.447 e. The first-order valence-electron chi connectivity index (χ1n) is 6.12. The summed E-state index contributed by atoms with van der Waals surface area (Å²) in [6.45, 7) is 1.63. The molecule has 0 saturated heterocycles. The molecule has 0 aliphatic carbocycles. The maximum Gasteiger partial charge on any atom is 0.410 e. The molecule has 2 heterocycles. The zero-order chi connectivity index (χ0) is 14.5. The van der Waals surface area contributed by atoms with Crippen molar-refractivity contribution in [2.24, 2.45) is 5.29 Å². The first kappa shape index (κ1) is 14.7. The first-order chi connectivity index (χ1) is 9.65. The molecule has 0 unspecified atom stereocenters. The van der Waals surface area contributed by atoms with E-state index in [0.717, 1.165) is 10.6 Å². The highest BCUT2D eigenvalue weighted by molar-refractivity contribution is 7.15. The lowest BCUT2D eigenvalue weighted by atomic mass is 10.2. The Morgan fingerprint density at radius 2 is 2.35 bits per heavy atom. The number of hydrogen-bond donors (Lipinski definition) is 0. The number of hydrogen-bond acceptors (Lipinski definition) is 7.